The number of hydrogen-bond donors (Lipinski definition) is 1. The number of carbonyl (C=O) groups excluding carboxylic acids is 1. The first kappa shape index (κ1) is 19.0. The fourth-order valence-electron chi connectivity index (χ4n) is 5.01. The Morgan fingerprint density at radius 2 is 1.86 bits per heavy atom. The Morgan fingerprint density at radius 3 is 2.61 bits per heavy atom. The molecule has 1 saturated heterocycles. The summed E-state index contributed by atoms with van der Waals surface area (Å²) in [6.45, 7) is 5.04. The van der Waals surface area contributed by atoms with Crippen LogP contribution in [0.5, 0.6) is 0 Å². The van der Waals surface area contributed by atoms with E-state index >= 15 is 0 Å². The van der Waals surface area contributed by atoms with Gasteiger partial charge in [-0.1, -0.05) is 18.6 Å². The van der Waals surface area contributed by atoms with Crippen LogP contribution in [-0.4, -0.2) is 38.0 Å². The number of likely N-dealkylation sites (tertiary alicyclic amines) is 1. The van der Waals surface area contributed by atoms with E-state index in [2.05, 4.69) is 24.5 Å². The SMILES string of the molecule is CC(C)n1c(C2CCCN2C(=O)C2CCCC(C(=O)O)C2)nc2ccccc21. The van der Waals surface area contributed by atoms with Gasteiger partial charge in [0.15, 0.2) is 0 Å². The number of para-hydroxylation sites is 2. The highest BCUT2D eigenvalue weighted by atomic mass is 16.4. The molecule has 6 heteroatoms. The lowest BCUT2D eigenvalue weighted by Gasteiger charge is -2.32. The minimum absolute atomic E-state index is 0.0208. The quantitative estimate of drug-likeness (QED) is 0.860. The smallest absolute Gasteiger partial charge is 0.306 e. The number of fused-ring (bicyclic) bond motifs is 1. The molecule has 1 N–H and O–H groups in total. The highest BCUT2D eigenvalue weighted by Crippen LogP contribution is 2.38. The monoisotopic (exact) mass is 383 g/mol. The molecule has 1 aromatic heterocycles. The van der Waals surface area contributed by atoms with Gasteiger partial charge in [0, 0.05) is 18.5 Å². The molecule has 1 aliphatic carbocycles. The van der Waals surface area contributed by atoms with E-state index in [1.54, 1.807) is 0 Å². The highest BCUT2D eigenvalue weighted by molar-refractivity contribution is 5.81. The number of carbonyl (C=O) groups is 2. The van der Waals surface area contributed by atoms with Crippen molar-refractivity contribution in [1.82, 2.24) is 14.5 Å². The number of nitrogens with zero attached hydrogens (tertiary/aromatic N) is 3. The van der Waals surface area contributed by atoms with Gasteiger partial charge in [0.05, 0.1) is 23.0 Å². The van der Waals surface area contributed by atoms with Crippen LogP contribution in [0.4, 0.5) is 0 Å². The third-order valence-electron chi connectivity index (χ3n) is 6.35. The van der Waals surface area contributed by atoms with Crippen LogP contribution in [0.15, 0.2) is 24.3 Å². The Morgan fingerprint density at radius 1 is 1.11 bits per heavy atom. The van der Waals surface area contributed by atoms with Crippen molar-refractivity contribution >= 4 is 22.9 Å². The van der Waals surface area contributed by atoms with Gasteiger partial charge in [0.25, 0.3) is 0 Å². The fourth-order valence-corrected chi connectivity index (χ4v) is 5.01. The lowest BCUT2D eigenvalue weighted by molar-refractivity contribution is -0.145. The summed E-state index contributed by atoms with van der Waals surface area (Å²) in [5.74, 6) is -0.239. The van der Waals surface area contributed by atoms with Crippen LogP contribution in [0.2, 0.25) is 0 Å². The summed E-state index contributed by atoms with van der Waals surface area (Å²) in [7, 11) is 0. The topological polar surface area (TPSA) is 75.4 Å². The van der Waals surface area contributed by atoms with E-state index in [9.17, 15) is 14.7 Å². The number of aliphatic carboxylic acids is 1. The average Bonchev–Trinajstić information content (AvgIpc) is 3.31. The molecule has 0 bridgehead atoms. The molecule has 1 amide bonds. The Kier molecular flexibility index (Phi) is 5.13. The Hall–Kier alpha value is -2.37. The first-order valence-electron chi connectivity index (χ1n) is 10.5. The van der Waals surface area contributed by atoms with E-state index in [1.165, 1.54) is 0 Å². The molecule has 1 aromatic carbocycles. The molecule has 0 radical (unpaired) electrons. The molecule has 28 heavy (non-hydrogen) atoms. The van der Waals surface area contributed by atoms with Crippen molar-refractivity contribution in [3.8, 4) is 0 Å². The summed E-state index contributed by atoms with van der Waals surface area (Å²) in [4.78, 5) is 31.6. The standard InChI is InChI=1S/C22H29N3O3/c1-14(2)25-18-10-4-3-9-17(18)23-20(25)19-11-6-12-24(19)21(26)15-7-5-8-16(13-15)22(27)28/h3-4,9-10,14-16,19H,5-8,11-13H2,1-2H3,(H,27,28). The summed E-state index contributed by atoms with van der Waals surface area (Å²) >= 11 is 0. The number of carboxylic acids is 1. The molecule has 6 nitrogen and oxygen atoms in total. The Labute approximate surface area is 165 Å². The molecule has 1 saturated carbocycles. The number of aromatic nitrogens is 2. The van der Waals surface area contributed by atoms with E-state index in [0.29, 0.717) is 12.8 Å². The van der Waals surface area contributed by atoms with E-state index in [0.717, 1.165) is 49.1 Å². The molecule has 0 spiro atoms. The summed E-state index contributed by atoms with van der Waals surface area (Å²) in [5, 5.41) is 9.37. The largest absolute Gasteiger partial charge is 0.481 e. The van der Waals surface area contributed by atoms with Crippen molar-refractivity contribution < 1.29 is 14.7 Å². The number of imidazole rings is 1. The zero-order valence-electron chi connectivity index (χ0n) is 16.7. The third kappa shape index (κ3) is 3.29. The number of benzene rings is 1. The van der Waals surface area contributed by atoms with Gasteiger partial charge in [0.2, 0.25) is 5.91 Å². The van der Waals surface area contributed by atoms with Crippen LogP contribution < -0.4 is 0 Å². The lowest BCUT2D eigenvalue weighted by Crippen LogP contribution is -2.39. The molecule has 3 unspecified atom stereocenters. The van der Waals surface area contributed by atoms with Gasteiger partial charge in [-0.25, -0.2) is 4.98 Å². The van der Waals surface area contributed by atoms with Crippen LogP contribution in [0.25, 0.3) is 11.0 Å². The molecular weight excluding hydrogens is 354 g/mol. The van der Waals surface area contributed by atoms with Crippen molar-refractivity contribution in [3.05, 3.63) is 30.1 Å². The predicted molar refractivity (Wildman–Crippen MR) is 107 cm³/mol. The predicted octanol–water partition coefficient (Wildman–Crippen LogP) is 4.17. The van der Waals surface area contributed by atoms with Gasteiger partial charge in [-0.05, 0) is 58.1 Å². The molecule has 150 valence electrons. The van der Waals surface area contributed by atoms with E-state index < -0.39 is 5.97 Å². The van der Waals surface area contributed by atoms with E-state index in [-0.39, 0.29) is 29.8 Å². The summed E-state index contributed by atoms with van der Waals surface area (Å²) < 4.78 is 2.26. The van der Waals surface area contributed by atoms with Gasteiger partial charge < -0.3 is 14.6 Å². The minimum Gasteiger partial charge on any atom is -0.481 e. The van der Waals surface area contributed by atoms with Crippen molar-refractivity contribution in [2.45, 2.75) is 64.5 Å². The zero-order chi connectivity index (χ0) is 19.8. The number of rotatable bonds is 4. The first-order valence-corrected chi connectivity index (χ1v) is 10.5. The van der Waals surface area contributed by atoms with Crippen molar-refractivity contribution in [3.63, 3.8) is 0 Å². The third-order valence-corrected chi connectivity index (χ3v) is 6.35. The minimum atomic E-state index is -0.767. The van der Waals surface area contributed by atoms with Crippen molar-refractivity contribution in [2.24, 2.45) is 11.8 Å². The fraction of sp³-hybridized carbons (Fsp3) is 0.591. The molecular formula is C22H29N3O3. The molecule has 1 aliphatic heterocycles. The van der Waals surface area contributed by atoms with Gasteiger partial charge in [-0.3, -0.25) is 9.59 Å². The van der Waals surface area contributed by atoms with E-state index in [1.807, 2.05) is 23.1 Å². The molecule has 2 heterocycles. The number of hydrogen-bond acceptors (Lipinski definition) is 3. The summed E-state index contributed by atoms with van der Waals surface area (Å²) in [6, 6.07) is 8.37. The maximum Gasteiger partial charge on any atom is 0.306 e. The Bertz CT molecular complexity index is 888. The molecule has 2 fully saturated rings. The second-order valence-electron chi connectivity index (χ2n) is 8.51. The van der Waals surface area contributed by atoms with Crippen molar-refractivity contribution in [2.75, 3.05) is 6.54 Å². The zero-order valence-corrected chi connectivity index (χ0v) is 16.7. The normalized spacial score (nSPS) is 25.5. The van der Waals surface area contributed by atoms with Crippen LogP contribution in [0.1, 0.15) is 70.3 Å². The number of carboxylic acid groups (broad SMARTS) is 1. The average molecular weight is 383 g/mol. The van der Waals surface area contributed by atoms with Crippen LogP contribution in [0.3, 0.4) is 0 Å². The van der Waals surface area contributed by atoms with E-state index in [4.69, 9.17) is 4.98 Å². The second-order valence-corrected chi connectivity index (χ2v) is 8.51. The van der Waals surface area contributed by atoms with Gasteiger partial charge in [0.1, 0.15) is 5.82 Å². The maximum absolute atomic E-state index is 13.3. The van der Waals surface area contributed by atoms with Gasteiger partial charge in [-0.2, -0.15) is 0 Å². The first-order chi connectivity index (χ1) is 13.5. The Balaban J connectivity index is 1.64. The molecule has 2 aromatic rings. The maximum atomic E-state index is 13.3. The van der Waals surface area contributed by atoms with Crippen LogP contribution >= 0.6 is 0 Å². The second kappa shape index (κ2) is 7.57. The number of amides is 1. The lowest BCUT2D eigenvalue weighted by atomic mass is 9.80. The highest BCUT2D eigenvalue weighted by Gasteiger charge is 2.39. The van der Waals surface area contributed by atoms with Gasteiger partial charge in [-0.15, -0.1) is 0 Å². The van der Waals surface area contributed by atoms with Crippen molar-refractivity contribution in [1.29, 1.82) is 0 Å². The molecule has 4 rings (SSSR count). The summed E-state index contributed by atoms with van der Waals surface area (Å²) in [5.41, 5.74) is 2.07. The molecule has 2 aliphatic rings. The molecule has 3 atom stereocenters. The van der Waals surface area contributed by atoms with Crippen LogP contribution in [-0.2, 0) is 9.59 Å². The van der Waals surface area contributed by atoms with Gasteiger partial charge >= 0.3 is 5.97 Å². The van der Waals surface area contributed by atoms with Crippen LogP contribution in [0, 0.1) is 11.8 Å². The summed E-state index contributed by atoms with van der Waals surface area (Å²) in [6.07, 6.45) is 4.65.